The summed E-state index contributed by atoms with van der Waals surface area (Å²) in [7, 11) is 1.60. The van der Waals surface area contributed by atoms with Gasteiger partial charge in [-0.05, 0) is 48.0 Å². The molecule has 1 atom stereocenters. The van der Waals surface area contributed by atoms with E-state index in [1.54, 1.807) is 55.8 Å². The number of nitrogens with one attached hydrogen (secondary N) is 1. The minimum Gasteiger partial charge on any atom is -0.497 e. The zero-order chi connectivity index (χ0) is 24.8. The molecule has 35 heavy (non-hydrogen) atoms. The van der Waals surface area contributed by atoms with Gasteiger partial charge >= 0.3 is 0 Å². The highest BCUT2D eigenvalue weighted by Crippen LogP contribution is 2.22. The van der Waals surface area contributed by atoms with Gasteiger partial charge in [-0.1, -0.05) is 30.3 Å². The fourth-order valence-electron chi connectivity index (χ4n) is 3.58. The van der Waals surface area contributed by atoms with Gasteiger partial charge in [0.25, 0.3) is 11.8 Å². The van der Waals surface area contributed by atoms with Gasteiger partial charge in [-0.2, -0.15) is 5.10 Å². The summed E-state index contributed by atoms with van der Waals surface area (Å²) in [5, 5.41) is 7.19. The van der Waals surface area contributed by atoms with Gasteiger partial charge in [0.15, 0.2) is 5.82 Å². The van der Waals surface area contributed by atoms with Crippen LogP contribution >= 0.6 is 0 Å². The number of amides is 2. The first kappa shape index (κ1) is 23.4. The van der Waals surface area contributed by atoms with E-state index in [4.69, 9.17) is 10.5 Å². The molecule has 2 aromatic carbocycles. The Labute approximate surface area is 201 Å². The SMILES string of the molecule is COc1ccc(-c2ccn(-c3ncccc3C(=O)NC(Cc3ccccc3)C(=O)C(N)=O)n2)cc1. The van der Waals surface area contributed by atoms with Crippen LogP contribution in [0.3, 0.4) is 0 Å². The number of pyridine rings is 1. The van der Waals surface area contributed by atoms with Crippen molar-refractivity contribution in [3.05, 3.63) is 96.3 Å². The minimum absolute atomic E-state index is 0.118. The first-order valence-corrected chi connectivity index (χ1v) is 10.8. The van der Waals surface area contributed by atoms with Crippen LogP contribution in [0.2, 0.25) is 0 Å². The molecule has 2 aromatic heterocycles. The van der Waals surface area contributed by atoms with Gasteiger partial charge in [0.05, 0.1) is 18.4 Å². The van der Waals surface area contributed by atoms with E-state index in [0.717, 1.165) is 16.9 Å². The monoisotopic (exact) mass is 469 g/mol. The summed E-state index contributed by atoms with van der Waals surface area (Å²) < 4.78 is 6.67. The Morgan fingerprint density at radius 3 is 2.43 bits per heavy atom. The molecular weight excluding hydrogens is 446 g/mol. The van der Waals surface area contributed by atoms with Gasteiger partial charge in [0.2, 0.25) is 5.78 Å². The molecular formula is C26H23N5O4. The molecule has 2 heterocycles. The van der Waals surface area contributed by atoms with E-state index < -0.39 is 23.6 Å². The van der Waals surface area contributed by atoms with Crippen molar-refractivity contribution in [2.24, 2.45) is 5.73 Å². The average Bonchev–Trinajstić information content (AvgIpc) is 3.38. The highest BCUT2D eigenvalue weighted by molar-refractivity contribution is 6.38. The van der Waals surface area contributed by atoms with Crippen molar-refractivity contribution in [3.63, 3.8) is 0 Å². The van der Waals surface area contributed by atoms with Gasteiger partial charge in [-0.25, -0.2) is 9.67 Å². The summed E-state index contributed by atoms with van der Waals surface area (Å²) in [6, 6.07) is 20.3. The molecule has 2 amide bonds. The molecule has 0 bridgehead atoms. The molecule has 4 aromatic rings. The number of hydrogen-bond acceptors (Lipinski definition) is 6. The number of benzene rings is 2. The summed E-state index contributed by atoms with van der Waals surface area (Å²) in [5.41, 5.74) is 7.73. The molecule has 0 spiro atoms. The summed E-state index contributed by atoms with van der Waals surface area (Å²) in [4.78, 5) is 41.6. The number of hydrogen-bond donors (Lipinski definition) is 2. The number of aromatic nitrogens is 3. The zero-order valence-electron chi connectivity index (χ0n) is 18.9. The lowest BCUT2D eigenvalue weighted by Crippen LogP contribution is -2.47. The Bertz CT molecular complexity index is 1350. The van der Waals surface area contributed by atoms with Gasteiger partial charge in [-0.15, -0.1) is 0 Å². The quantitative estimate of drug-likeness (QED) is 0.362. The third-order valence-electron chi connectivity index (χ3n) is 5.37. The molecule has 9 heteroatoms. The number of primary amides is 1. The molecule has 1 unspecified atom stereocenters. The highest BCUT2D eigenvalue weighted by atomic mass is 16.5. The molecule has 0 radical (unpaired) electrons. The maximum Gasteiger partial charge on any atom is 0.287 e. The van der Waals surface area contributed by atoms with Crippen LogP contribution < -0.4 is 15.8 Å². The topological polar surface area (TPSA) is 129 Å². The lowest BCUT2D eigenvalue weighted by atomic mass is 10.0. The van der Waals surface area contributed by atoms with Crippen molar-refractivity contribution in [3.8, 4) is 22.8 Å². The van der Waals surface area contributed by atoms with Gasteiger partial charge in [0, 0.05) is 24.4 Å². The predicted octanol–water partition coefficient (Wildman–Crippen LogP) is 2.34. The zero-order valence-corrected chi connectivity index (χ0v) is 18.9. The number of rotatable bonds is 9. The second-order valence-corrected chi connectivity index (χ2v) is 7.69. The van der Waals surface area contributed by atoms with Crippen LogP contribution in [0.25, 0.3) is 17.1 Å². The van der Waals surface area contributed by atoms with Crippen LogP contribution in [0.5, 0.6) is 5.75 Å². The van der Waals surface area contributed by atoms with Crippen molar-refractivity contribution in [1.29, 1.82) is 0 Å². The van der Waals surface area contributed by atoms with E-state index in [0.29, 0.717) is 5.69 Å². The highest BCUT2D eigenvalue weighted by Gasteiger charge is 2.27. The lowest BCUT2D eigenvalue weighted by molar-refractivity contribution is -0.137. The van der Waals surface area contributed by atoms with Crippen LogP contribution in [-0.4, -0.2) is 45.5 Å². The number of nitrogens with zero attached hydrogens (tertiary/aromatic N) is 3. The van der Waals surface area contributed by atoms with Crippen LogP contribution in [0.4, 0.5) is 0 Å². The second kappa shape index (κ2) is 10.4. The standard InChI is InChI=1S/C26H23N5O4/c1-35-19-11-9-18(10-12-19)21-13-15-31(30-21)25-20(8-5-14-28-25)26(34)29-22(23(32)24(27)33)16-17-6-3-2-4-7-17/h2-15,22H,16H2,1H3,(H2,27,33)(H,29,34). The maximum atomic E-state index is 13.2. The fraction of sp³-hybridized carbons (Fsp3) is 0.115. The normalized spacial score (nSPS) is 11.5. The van der Waals surface area contributed by atoms with Gasteiger partial charge in [0.1, 0.15) is 11.8 Å². The third kappa shape index (κ3) is 5.41. The van der Waals surface area contributed by atoms with Crippen molar-refractivity contribution in [1.82, 2.24) is 20.1 Å². The number of Topliss-reactive ketones (excluding diaryl/α,β-unsaturated/α-hetero) is 1. The van der Waals surface area contributed by atoms with Crippen molar-refractivity contribution in [2.45, 2.75) is 12.5 Å². The van der Waals surface area contributed by atoms with E-state index in [9.17, 15) is 14.4 Å². The number of methoxy groups -OCH3 is 1. The van der Waals surface area contributed by atoms with Crippen molar-refractivity contribution in [2.75, 3.05) is 7.11 Å². The summed E-state index contributed by atoms with van der Waals surface area (Å²) >= 11 is 0. The Morgan fingerprint density at radius 1 is 1.00 bits per heavy atom. The second-order valence-electron chi connectivity index (χ2n) is 7.69. The average molecular weight is 470 g/mol. The third-order valence-corrected chi connectivity index (χ3v) is 5.37. The van der Waals surface area contributed by atoms with Gasteiger partial charge in [-0.3, -0.25) is 14.4 Å². The summed E-state index contributed by atoms with van der Waals surface area (Å²) in [5.74, 6) is -1.57. The minimum atomic E-state index is -1.12. The molecule has 176 valence electrons. The van der Waals surface area contributed by atoms with E-state index >= 15 is 0 Å². The number of ketones is 1. The van der Waals surface area contributed by atoms with E-state index in [-0.39, 0.29) is 17.8 Å². The maximum absolute atomic E-state index is 13.2. The molecule has 0 aliphatic rings. The smallest absolute Gasteiger partial charge is 0.287 e. The molecule has 0 saturated heterocycles. The molecule has 4 rings (SSSR count). The van der Waals surface area contributed by atoms with E-state index in [2.05, 4.69) is 15.4 Å². The van der Waals surface area contributed by atoms with Crippen LogP contribution in [0.1, 0.15) is 15.9 Å². The summed E-state index contributed by atoms with van der Waals surface area (Å²) in [6.45, 7) is 0. The first-order chi connectivity index (χ1) is 17.0. The largest absolute Gasteiger partial charge is 0.497 e. The Morgan fingerprint density at radius 2 is 1.74 bits per heavy atom. The first-order valence-electron chi connectivity index (χ1n) is 10.8. The molecule has 0 fully saturated rings. The molecule has 0 aliphatic heterocycles. The van der Waals surface area contributed by atoms with Crippen molar-refractivity contribution < 1.29 is 19.1 Å². The molecule has 0 aliphatic carbocycles. The number of carbonyl (C=O) groups excluding carboxylic acids is 3. The van der Waals surface area contributed by atoms with Crippen LogP contribution in [-0.2, 0) is 16.0 Å². The predicted molar refractivity (Wildman–Crippen MR) is 129 cm³/mol. The van der Waals surface area contributed by atoms with E-state index in [1.807, 2.05) is 30.3 Å². The Balaban J connectivity index is 1.60. The van der Waals surface area contributed by atoms with Gasteiger partial charge < -0.3 is 15.8 Å². The Hall–Kier alpha value is -4.79. The summed E-state index contributed by atoms with van der Waals surface area (Å²) in [6.07, 6.45) is 3.35. The lowest BCUT2D eigenvalue weighted by Gasteiger charge is -2.17. The fourth-order valence-corrected chi connectivity index (χ4v) is 3.58. The van der Waals surface area contributed by atoms with Crippen molar-refractivity contribution >= 4 is 17.6 Å². The van der Waals surface area contributed by atoms with Crippen LogP contribution in [0, 0.1) is 0 Å². The molecule has 0 saturated carbocycles. The number of ether oxygens (including phenoxy) is 1. The molecule has 3 N–H and O–H groups in total. The van der Waals surface area contributed by atoms with Crippen LogP contribution in [0.15, 0.2) is 85.2 Å². The number of nitrogens with two attached hydrogens (primary N) is 1. The number of carbonyl (C=O) groups is 3. The molecule has 9 nitrogen and oxygen atoms in total. The Kier molecular flexibility index (Phi) is 6.96. The van der Waals surface area contributed by atoms with E-state index in [1.165, 1.54) is 10.9 Å².